The van der Waals surface area contributed by atoms with Crippen molar-refractivity contribution in [1.82, 2.24) is 15.3 Å². The molecular formula is C16H16N4O3. The maximum absolute atomic E-state index is 11.3. The van der Waals surface area contributed by atoms with Gasteiger partial charge in [0.1, 0.15) is 0 Å². The average Bonchev–Trinajstić information content (AvgIpc) is 3.02. The van der Waals surface area contributed by atoms with Gasteiger partial charge in [-0.3, -0.25) is 4.79 Å². The van der Waals surface area contributed by atoms with E-state index in [1.165, 1.54) is 19.5 Å². The van der Waals surface area contributed by atoms with E-state index in [1.807, 2.05) is 24.3 Å². The van der Waals surface area contributed by atoms with Gasteiger partial charge in [-0.05, 0) is 17.7 Å². The van der Waals surface area contributed by atoms with E-state index in [2.05, 4.69) is 25.3 Å². The van der Waals surface area contributed by atoms with Gasteiger partial charge in [0.2, 0.25) is 11.9 Å². The second kappa shape index (κ2) is 6.43. The van der Waals surface area contributed by atoms with E-state index in [4.69, 9.17) is 0 Å². The van der Waals surface area contributed by atoms with Gasteiger partial charge in [-0.15, -0.1) is 0 Å². The fourth-order valence-corrected chi connectivity index (χ4v) is 2.42. The van der Waals surface area contributed by atoms with Crippen LogP contribution in [0.2, 0.25) is 0 Å². The third kappa shape index (κ3) is 3.45. The number of aromatic nitrogens is 2. The molecule has 0 spiro atoms. The van der Waals surface area contributed by atoms with Crippen molar-refractivity contribution >= 4 is 23.5 Å². The topological polar surface area (TPSA) is 93.2 Å². The van der Waals surface area contributed by atoms with Crippen LogP contribution in [0.3, 0.4) is 0 Å². The van der Waals surface area contributed by atoms with E-state index >= 15 is 0 Å². The largest absolute Gasteiger partial charge is 0.465 e. The van der Waals surface area contributed by atoms with Gasteiger partial charge in [0.15, 0.2) is 0 Å². The summed E-state index contributed by atoms with van der Waals surface area (Å²) in [5, 5.41) is 5.89. The molecule has 118 valence electrons. The van der Waals surface area contributed by atoms with Gasteiger partial charge in [0.05, 0.1) is 12.7 Å². The molecule has 23 heavy (non-hydrogen) atoms. The van der Waals surface area contributed by atoms with Crippen LogP contribution in [0.1, 0.15) is 28.3 Å². The molecule has 2 heterocycles. The number of nitrogens with one attached hydrogen (secondary N) is 2. The van der Waals surface area contributed by atoms with Crippen molar-refractivity contribution in [3.63, 3.8) is 0 Å². The highest BCUT2D eigenvalue weighted by Gasteiger charge is 2.22. The number of carbonyl (C=O) groups excluding carboxylic acids is 2. The van der Waals surface area contributed by atoms with Crippen LogP contribution in [0.5, 0.6) is 0 Å². The molecule has 1 aliphatic rings. The van der Waals surface area contributed by atoms with Gasteiger partial charge < -0.3 is 15.4 Å². The van der Waals surface area contributed by atoms with Crippen molar-refractivity contribution < 1.29 is 14.3 Å². The van der Waals surface area contributed by atoms with E-state index in [0.29, 0.717) is 24.5 Å². The van der Waals surface area contributed by atoms with Crippen LogP contribution in [-0.4, -0.2) is 35.5 Å². The minimum absolute atomic E-state index is 0.0938. The molecule has 0 bridgehead atoms. The predicted octanol–water partition coefficient (Wildman–Crippen LogP) is 1.61. The fraction of sp³-hybridized carbons (Fsp3) is 0.250. The molecule has 2 aromatic rings. The van der Waals surface area contributed by atoms with Crippen molar-refractivity contribution in [3.05, 3.63) is 47.8 Å². The molecule has 1 aliphatic heterocycles. The molecule has 1 unspecified atom stereocenters. The van der Waals surface area contributed by atoms with Crippen molar-refractivity contribution in [3.8, 4) is 0 Å². The molecule has 7 heteroatoms. The molecule has 1 amide bonds. The quantitative estimate of drug-likeness (QED) is 0.833. The van der Waals surface area contributed by atoms with E-state index in [9.17, 15) is 9.59 Å². The Morgan fingerprint density at radius 1 is 1.26 bits per heavy atom. The monoisotopic (exact) mass is 312 g/mol. The Bertz CT molecular complexity index is 713. The lowest BCUT2D eigenvalue weighted by Gasteiger charge is -2.09. The SMILES string of the molecule is COC(=O)c1cnc(Nc2ccc(C3CNC(=O)C3)cc2)nc1. The van der Waals surface area contributed by atoms with Gasteiger partial charge in [0, 0.05) is 37.0 Å². The van der Waals surface area contributed by atoms with E-state index in [0.717, 1.165) is 11.3 Å². The summed E-state index contributed by atoms with van der Waals surface area (Å²) >= 11 is 0. The highest BCUT2D eigenvalue weighted by Crippen LogP contribution is 2.24. The smallest absolute Gasteiger partial charge is 0.341 e. The van der Waals surface area contributed by atoms with Crippen molar-refractivity contribution in [2.24, 2.45) is 0 Å². The normalized spacial score (nSPS) is 16.7. The Morgan fingerprint density at radius 2 is 1.96 bits per heavy atom. The summed E-state index contributed by atoms with van der Waals surface area (Å²) < 4.78 is 4.60. The molecular weight excluding hydrogens is 296 g/mol. The highest BCUT2D eigenvalue weighted by molar-refractivity contribution is 5.88. The fourth-order valence-electron chi connectivity index (χ4n) is 2.42. The second-order valence-electron chi connectivity index (χ2n) is 5.24. The lowest BCUT2D eigenvalue weighted by molar-refractivity contribution is -0.119. The highest BCUT2D eigenvalue weighted by atomic mass is 16.5. The summed E-state index contributed by atoms with van der Waals surface area (Å²) in [6, 6.07) is 7.79. The molecule has 7 nitrogen and oxygen atoms in total. The summed E-state index contributed by atoms with van der Waals surface area (Å²) in [6.45, 7) is 0.684. The molecule has 2 N–H and O–H groups in total. The average molecular weight is 312 g/mol. The van der Waals surface area contributed by atoms with E-state index in [1.54, 1.807) is 0 Å². The predicted molar refractivity (Wildman–Crippen MR) is 83.5 cm³/mol. The number of rotatable bonds is 4. The van der Waals surface area contributed by atoms with Crippen LogP contribution < -0.4 is 10.6 Å². The van der Waals surface area contributed by atoms with Crippen molar-refractivity contribution in [2.75, 3.05) is 19.0 Å². The number of anilines is 2. The minimum atomic E-state index is -0.472. The van der Waals surface area contributed by atoms with E-state index in [-0.39, 0.29) is 11.8 Å². The minimum Gasteiger partial charge on any atom is -0.465 e. The maximum Gasteiger partial charge on any atom is 0.341 e. The summed E-state index contributed by atoms with van der Waals surface area (Å²) in [4.78, 5) is 30.7. The first-order valence-corrected chi connectivity index (χ1v) is 7.20. The number of benzene rings is 1. The number of methoxy groups -OCH3 is 1. The zero-order chi connectivity index (χ0) is 16.2. The zero-order valence-electron chi connectivity index (χ0n) is 12.6. The van der Waals surface area contributed by atoms with Crippen LogP contribution in [0.15, 0.2) is 36.7 Å². The van der Waals surface area contributed by atoms with E-state index < -0.39 is 5.97 Å². The van der Waals surface area contributed by atoms with Crippen LogP contribution in [0.25, 0.3) is 0 Å². The first-order chi connectivity index (χ1) is 11.2. The third-order valence-electron chi connectivity index (χ3n) is 3.69. The molecule has 1 atom stereocenters. The number of ether oxygens (including phenoxy) is 1. The Morgan fingerprint density at radius 3 is 2.52 bits per heavy atom. The molecule has 1 fully saturated rings. The summed E-state index contributed by atoms with van der Waals surface area (Å²) in [7, 11) is 1.31. The van der Waals surface area contributed by atoms with Crippen LogP contribution in [-0.2, 0) is 9.53 Å². The number of nitrogens with zero attached hydrogens (tertiary/aromatic N) is 2. The molecule has 0 radical (unpaired) electrons. The number of carbonyl (C=O) groups is 2. The van der Waals surface area contributed by atoms with Crippen LogP contribution in [0.4, 0.5) is 11.6 Å². The zero-order valence-corrected chi connectivity index (χ0v) is 12.6. The number of hydrogen-bond acceptors (Lipinski definition) is 6. The number of hydrogen-bond donors (Lipinski definition) is 2. The first kappa shape index (κ1) is 15.0. The summed E-state index contributed by atoms with van der Waals surface area (Å²) in [5.41, 5.74) is 2.25. The molecule has 0 aliphatic carbocycles. The van der Waals surface area contributed by atoms with Gasteiger partial charge in [-0.25, -0.2) is 14.8 Å². The second-order valence-corrected chi connectivity index (χ2v) is 5.24. The molecule has 1 aromatic carbocycles. The Kier molecular flexibility index (Phi) is 4.18. The lowest BCUT2D eigenvalue weighted by atomic mass is 9.98. The molecule has 3 rings (SSSR count). The van der Waals surface area contributed by atoms with Crippen molar-refractivity contribution in [1.29, 1.82) is 0 Å². The first-order valence-electron chi connectivity index (χ1n) is 7.20. The Hall–Kier alpha value is -2.96. The Balaban J connectivity index is 1.66. The molecule has 0 saturated carbocycles. The van der Waals surface area contributed by atoms with Crippen LogP contribution >= 0.6 is 0 Å². The van der Waals surface area contributed by atoms with Crippen molar-refractivity contribution in [2.45, 2.75) is 12.3 Å². The van der Waals surface area contributed by atoms with Crippen LogP contribution in [0, 0.1) is 0 Å². The van der Waals surface area contributed by atoms with Gasteiger partial charge in [-0.1, -0.05) is 12.1 Å². The van der Waals surface area contributed by atoms with Gasteiger partial charge >= 0.3 is 5.97 Å². The molecule has 1 aromatic heterocycles. The molecule has 1 saturated heterocycles. The summed E-state index contributed by atoms with van der Waals surface area (Å²) in [6.07, 6.45) is 3.35. The number of esters is 1. The standard InChI is InChI=1S/C16H16N4O3/c1-23-15(22)12-8-18-16(19-9-12)20-13-4-2-10(3-5-13)11-6-14(21)17-7-11/h2-5,8-9,11H,6-7H2,1H3,(H,17,21)(H,18,19,20). The maximum atomic E-state index is 11.3. The summed E-state index contributed by atoms with van der Waals surface area (Å²) in [5.74, 6) is 0.243. The third-order valence-corrected chi connectivity index (χ3v) is 3.69. The van der Waals surface area contributed by atoms with Gasteiger partial charge in [-0.2, -0.15) is 0 Å². The lowest BCUT2D eigenvalue weighted by Crippen LogP contribution is -2.13. The Labute approximate surface area is 133 Å². The van der Waals surface area contributed by atoms with Gasteiger partial charge in [0.25, 0.3) is 0 Å². The number of amides is 1.